The molecule has 1 amide bonds. The number of imidazole rings is 1. The second-order valence-corrected chi connectivity index (χ2v) is 6.84. The van der Waals surface area contributed by atoms with Crippen molar-refractivity contribution in [3.63, 3.8) is 0 Å². The van der Waals surface area contributed by atoms with Crippen LogP contribution in [0, 0.1) is 0 Å². The van der Waals surface area contributed by atoms with Crippen LogP contribution >= 0.6 is 0 Å². The number of fused-ring (bicyclic) bond motifs is 2. The molecule has 0 fully saturated rings. The minimum absolute atomic E-state index is 0.246. The average Bonchev–Trinajstić information content (AvgIpc) is 3.14. The molecule has 5 rings (SSSR count). The Morgan fingerprint density at radius 1 is 0.935 bits per heavy atom. The minimum atomic E-state index is -0.280. The Hall–Kier alpha value is -4.46. The van der Waals surface area contributed by atoms with Gasteiger partial charge in [-0.25, -0.2) is 14.5 Å². The van der Waals surface area contributed by atoms with Gasteiger partial charge in [0.1, 0.15) is 17.1 Å². The van der Waals surface area contributed by atoms with Crippen molar-refractivity contribution in [3.8, 4) is 11.7 Å². The topological polar surface area (TPSA) is 108 Å². The van der Waals surface area contributed by atoms with Crippen LogP contribution in [0.1, 0.15) is 10.4 Å². The monoisotopic (exact) mass is 410 g/mol. The molecule has 8 heteroatoms. The molecule has 0 spiro atoms. The summed E-state index contributed by atoms with van der Waals surface area (Å²) in [6.07, 6.45) is 0. The van der Waals surface area contributed by atoms with E-state index < -0.39 is 0 Å². The fraction of sp³-hybridized carbons (Fsp3) is 0.0435. The molecule has 8 nitrogen and oxygen atoms in total. The Labute approximate surface area is 177 Å². The number of anilines is 2. The molecule has 0 aliphatic rings. The number of nitrogens with one attached hydrogen (secondary N) is 1. The van der Waals surface area contributed by atoms with Gasteiger partial charge in [-0.2, -0.15) is 4.98 Å². The lowest BCUT2D eigenvalue weighted by Gasteiger charge is -2.13. The first-order valence-corrected chi connectivity index (χ1v) is 9.60. The summed E-state index contributed by atoms with van der Waals surface area (Å²) < 4.78 is 7.16. The van der Waals surface area contributed by atoms with Gasteiger partial charge in [-0.1, -0.05) is 36.4 Å². The number of carbonyl (C=O) groups excluding carboxylic acids is 1. The third-order valence-corrected chi connectivity index (χ3v) is 4.95. The van der Waals surface area contributed by atoms with Crippen LogP contribution in [0.3, 0.4) is 0 Å². The lowest BCUT2D eigenvalue weighted by Crippen LogP contribution is -2.15. The largest absolute Gasteiger partial charge is 0.494 e. The molecule has 152 valence electrons. The van der Waals surface area contributed by atoms with E-state index in [4.69, 9.17) is 15.5 Å². The summed E-state index contributed by atoms with van der Waals surface area (Å²) in [5, 5.41) is 3.55. The molecule has 5 aromatic rings. The summed E-state index contributed by atoms with van der Waals surface area (Å²) in [6.45, 7) is 0. The molecule has 31 heavy (non-hydrogen) atoms. The Morgan fingerprint density at radius 3 is 2.52 bits per heavy atom. The van der Waals surface area contributed by atoms with Crippen LogP contribution in [0.2, 0.25) is 0 Å². The number of hydrogen-bond acceptors (Lipinski definition) is 6. The van der Waals surface area contributed by atoms with E-state index in [2.05, 4.69) is 15.3 Å². The molecule has 2 heterocycles. The maximum Gasteiger partial charge on any atom is 0.256 e. The molecule has 0 aliphatic carbocycles. The lowest BCUT2D eigenvalue weighted by atomic mass is 10.2. The second kappa shape index (κ2) is 7.42. The van der Waals surface area contributed by atoms with Crippen LogP contribution in [0.4, 0.5) is 11.8 Å². The first kappa shape index (κ1) is 18.6. The number of hydrogen-bond donors (Lipinski definition) is 2. The van der Waals surface area contributed by atoms with E-state index in [-0.39, 0.29) is 17.8 Å². The van der Waals surface area contributed by atoms with Crippen LogP contribution in [-0.4, -0.2) is 32.5 Å². The minimum Gasteiger partial charge on any atom is -0.494 e. The van der Waals surface area contributed by atoms with E-state index in [1.54, 1.807) is 42.0 Å². The molecule has 0 saturated carbocycles. The molecule has 0 aliphatic heterocycles. The van der Waals surface area contributed by atoms with E-state index >= 15 is 0 Å². The van der Waals surface area contributed by atoms with Gasteiger partial charge in [0.2, 0.25) is 11.9 Å². The van der Waals surface area contributed by atoms with Crippen molar-refractivity contribution in [2.24, 2.45) is 0 Å². The number of nitrogens with two attached hydrogens (primary N) is 1. The molecular weight excluding hydrogens is 392 g/mol. The zero-order chi connectivity index (χ0) is 21.4. The predicted molar refractivity (Wildman–Crippen MR) is 120 cm³/mol. The molecular formula is C23H18N6O2. The SMILES string of the molecule is COc1cccc2c(NC(=O)c3ccccc3)nc(-n3c(N)nc4ccccc43)nc12. The van der Waals surface area contributed by atoms with Crippen LogP contribution in [0.15, 0.2) is 72.8 Å². The summed E-state index contributed by atoms with van der Waals surface area (Å²) in [5.74, 6) is 1.16. The first-order valence-electron chi connectivity index (χ1n) is 9.60. The molecule has 0 radical (unpaired) electrons. The first-order chi connectivity index (χ1) is 15.2. The van der Waals surface area contributed by atoms with Gasteiger partial charge < -0.3 is 15.8 Å². The van der Waals surface area contributed by atoms with Crippen molar-refractivity contribution in [1.82, 2.24) is 19.5 Å². The van der Waals surface area contributed by atoms with Crippen molar-refractivity contribution < 1.29 is 9.53 Å². The second-order valence-electron chi connectivity index (χ2n) is 6.84. The van der Waals surface area contributed by atoms with Gasteiger partial charge in [0.15, 0.2) is 0 Å². The van der Waals surface area contributed by atoms with Gasteiger partial charge >= 0.3 is 0 Å². The van der Waals surface area contributed by atoms with Crippen molar-refractivity contribution in [3.05, 3.63) is 78.4 Å². The number of para-hydroxylation sites is 3. The predicted octanol–water partition coefficient (Wildman–Crippen LogP) is 3.81. The zero-order valence-corrected chi connectivity index (χ0v) is 16.6. The van der Waals surface area contributed by atoms with Gasteiger partial charge in [-0.3, -0.25) is 4.79 Å². The fourth-order valence-electron chi connectivity index (χ4n) is 3.50. The Morgan fingerprint density at radius 2 is 1.71 bits per heavy atom. The summed E-state index contributed by atoms with van der Waals surface area (Å²) in [6, 6.07) is 21.9. The van der Waals surface area contributed by atoms with Gasteiger partial charge in [-0.15, -0.1) is 0 Å². The van der Waals surface area contributed by atoms with Crippen molar-refractivity contribution in [1.29, 1.82) is 0 Å². The third kappa shape index (κ3) is 3.20. The molecule has 3 aromatic carbocycles. The number of ether oxygens (including phenoxy) is 1. The van der Waals surface area contributed by atoms with E-state index in [0.29, 0.717) is 28.0 Å². The Balaban J connectivity index is 1.73. The number of amides is 1. The average molecular weight is 410 g/mol. The molecule has 0 atom stereocenters. The molecule has 2 aromatic heterocycles. The highest BCUT2D eigenvalue weighted by Gasteiger charge is 2.18. The number of rotatable bonds is 4. The Kier molecular flexibility index (Phi) is 4.44. The smallest absolute Gasteiger partial charge is 0.256 e. The summed E-state index contributed by atoms with van der Waals surface area (Å²) in [4.78, 5) is 26.6. The van der Waals surface area contributed by atoms with Crippen molar-refractivity contribution in [2.75, 3.05) is 18.2 Å². The number of benzene rings is 3. The highest BCUT2D eigenvalue weighted by Crippen LogP contribution is 2.31. The number of nitrogen functional groups attached to an aromatic ring is 1. The fourth-order valence-corrected chi connectivity index (χ4v) is 3.50. The third-order valence-electron chi connectivity index (χ3n) is 4.95. The van der Waals surface area contributed by atoms with Gasteiger partial charge in [-0.05, 0) is 36.4 Å². The molecule has 3 N–H and O–H groups in total. The lowest BCUT2D eigenvalue weighted by molar-refractivity contribution is 0.102. The van der Waals surface area contributed by atoms with Crippen molar-refractivity contribution in [2.45, 2.75) is 0 Å². The van der Waals surface area contributed by atoms with Gasteiger partial charge in [0.25, 0.3) is 5.91 Å². The quantitative estimate of drug-likeness (QED) is 0.466. The maximum absolute atomic E-state index is 12.8. The van der Waals surface area contributed by atoms with E-state index in [1.165, 1.54) is 0 Å². The normalized spacial score (nSPS) is 11.0. The Bertz CT molecular complexity index is 1430. The van der Waals surface area contributed by atoms with Crippen molar-refractivity contribution >= 4 is 39.6 Å². The molecule has 0 bridgehead atoms. The maximum atomic E-state index is 12.8. The van der Waals surface area contributed by atoms with Crippen LogP contribution in [0.5, 0.6) is 5.75 Å². The molecule has 0 unspecified atom stereocenters. The summed E-state index contributed by atoms with van der Waals surface area (Å²) in [5.41, 5.74) is 8.75. The number of methoxy groups -OCH3 is 1. The highest BCUT2D eigenvalue weighted by molar-refractivity contribution is 6.08. The van der Waals surface area contributed by atoms with Gasteiger partial charge in [0, 0.05) is 10.9 Å². The number of carbonyl (C=O) groups is 1. The summed E-state index contributed by atoms with van der Waals surface area (Å²) in [7, 11) is 1.57. The van der Waals surface area contributed by atoms with Gasteiger partial charge in [0.05, 0.1) is 18.1 Å². The highest BCUT2D eigenvalue weighted by atomic mass is 16.5. The van der Waals surface area contributed by atoms with Crippen LogP contribution < -0.4 is 15.8 Å². The number of aromatic nitrogens is 4. The summed E-state index contributed by atoms with van der Waals surface area (Å²) >= 11 is 0. The van der Waals surface area contributed by atoms with E-state index in [9.17, 15) is 4.79 Å². The van der Waals surface area contributed by atoms with E-state index in [1.807, 2.05) is 42.5 Å². The molecule has 0 saturated heterocycles. The van der Waals surface area contributed by atoms with E-state index in [0.717, 1.165) is 11.0 Å². The van der Waals surface area contributed by atoms with Crippen LogP contribution in [0.25, 0.3) is 27.9 Å². The zero-order valence-electron chi connectivity index (χ0n) is 16.6. The standard InChI is InChI=1S/C23H18N6O2/c1-31-18-13-7-10-15-19(18)26-23(29-17-12-6-5-11-16(17)25-22(29)24)28-20(15)27-21(30)14-8-3-2-4-9-14/h2-13H,1H3,(H2,24,25)(H,26,27,28,30). The van der Waals surface area contributed by atoms with Crippen LogP contribution in [-0.2, 0) is 0 Å². The number of nitrogens with zero attached hydrogens (tertiary/aromatic N) is 4.